The fraction of sp³-hybridized carbons (Fsp3) is 0.474. The molecule has 1 aromatic heterocycles. The van der Waals surface area contributed by atoms with Gasteiger partial charge in [-0.2, -0.15) is 4.31 Å². The number of morpholine rings is 1. The van der Waals surface area contributed by atoms with Gasteiger partial charge in [-0.15, -0.1) is 11.3 Å². The molecule has 0 saturated carbocycles. The molecule has 2 aromatic rings. The number of piperidine rings is 1. The SMILES string of the molecule is O=C(Nc1nccs1)C1CCN(c2ccc(S(=O)(=O)N3CCOCC3)cc2[N+](=O)[O-])CC1. The first-order valence-corrected chi connectivity index (χ1v) is 12.5. The maximum Gasteiger partial charge on any atom is 0.293 e. The Balaban J connectivity index is 1.48. The van der Waals surface area contributed by atoms with E-state index in [9.17, 15) is 23.3 Å². The zero-order valence-electron chi connectivity index (χ0n) is 17.2. The fourth-order valence-electron chi connectivity index (χ4n) is 3.89. The van der Waals surface area contributed by atoms with Gasteiger partial charge in [-0.3, -0.25) is 14.9 Å². The van der Waals surface area contributed by atoms with Crippen molar-refractivity contribution in [3.63, 3.8) is 0 Å². The number of anilines is 2. The van der Waals surface area contributed by atoms with E-state index < -0.39 is 14.9 Å². The molecule has 4 rings (SSSR count). The molecule has 1 aromatic carbocycles. The Kier molecular flexibility index (Phi) is 6.69. The van der Waals surface area contributed by atoms with Gasteiger partial charge in [-0.1, -0.05) is 0 Å². The summed E-state index contributed by atoms with van der Waals surface area (Å²) >= 11 is 1.34. The quantitative estimate of drug-likeness (QED) is 0.488. The van der Waals surface area contributed by atoms with Crippen molar-refractivity contribution in [2.75, 3.05) is 49.6 Å². The van der Waals surface area contributed by atoms with Crippen molar-refractivity contribution in [2.24, 2.45) is 5.92 Å². The maximum absolute atomic E-state index is 12.9. The molecular formula is C19H23N5O6S2. The number of benzene rings is 1. The second-order valence-electron chi connectivity index (χ2n) is 7.51. The number of thiazole rings is 1. The number of nitrogens with zero attached hydrogens (tertiary/aromatic N) is 4. The van der Waals surface area contributed by atoms with Crippen molar-refractivity contribution in [2.45, 2.75) is 17.7 Å². The standard InChI is InChI=1S/C19H23N5O6S2/c25-18(21-19-20-5-12-31-19)14-3-6-22(7-4-14)16-2-1-15(13-17(16)24(26)27)32(28,29)23-8-10-30-11-9-23/h1-2,5,12-14H,3-4,6-11H2,(H,20,21,25). The number of hydrogen-bond acceptors (Lipinski definition) is 9. The summed E-state index contributed by atoms with van der Waals surface area (Å²) in [5.74, 6) is -0.323. The highest BCUT2D eigenvalue weighted by Crippen LogP contribution is 2.34. The van der Waals surface area contributed by atoms with E-state index >= 15 is 0 Å². The summed E-state index contributed by atoms with van der Waals surface area (Å²) in [5.41, 5.74) is 0.0970. The third-order valence-electron chi connectivity index (χ3n) is 5.62. The third kappa shape index (κ3) is 4.75. The summed E-state index contributed by atoms with van der Waals surface area (Å²) in [6.45, 7) is 1.93. The molecule has 0 atom stereocenters. The molecule has 0 unspecified atom stereocenters. The van der Waals surface area contributed by atoms with Crippen LogP contribution in [-0.4, -0.2) is 67.9 Å². The second-order valence-corrected chi connectivity index (χ2v) is 10.3. The van der Waals surface area contributed by atoms with Gasteiger partial charge in [0.25, 0.3) is 5.69 Å². The predicted molar refractivity (Wildman–Crippen MR) is 118 cm³/mol. The first-order valence-electron chi connectivity index (χ1n) is 10.2. The first kappa shape index (κ1) is 22.6. The van der Waals surface area contributed by atoms with Gasteiger partial charge in [0.15, 0.2) is 5.13 Å². The van der Waals surface area contributed by atoms with E-state index in [-0.39, 0.29) is 35.5 Å². The summed E-state index contributed by atoms with van der Waals surface area (Å²) in [5, 5.41) is 16.9. The zero-order chi connectivity index (χ0) is 22.7. The number of hydrogen-bond donors (Lipinski definition) is 1. The highest BCUT2D eigenvalue weighted by molar-refractivity contribution is 7.89. The van der Waals surface area contributed by atoms with E-state index in [1.807, 2.05) is 4.90 Å². The van der Waals surface area contributed by atoms with Gasteiger partial charge in [0, 0.05) is 49.7 Å². The Labute approximate surface area is 189 Å². The molecule has 172 valence electrons. The second kappa shape index (κ2) is 9.48. The van der Waals surface area contributed by atoms with E-state index in [1.165, 1.54) is 27.8 Å². The predicted octanol–water partition coefficient (Wildman–Crippen LogP) is 1.93. The van der Waals surface area contributed by atoms with Crippen LogP contribution in [0.15, 0.2) is 34.7 Å². The number of nitrogens with one attached hydrogen (secondary N) is 1. The van der Waals surface area contributed by atoms with Gasteiger partial charge in [0.1, 0.15) is 5.69 Å². The van der Waals surface area contributed by atoms with Crippen LogP contribution in [0, 0.1) is 16.0 Å². The lowest BCUT2D eigenvalue weighted by Crippen LogP contribution is -2.40. The summed E-state index contributed by atoms with van der Waals surface area (Å²) in [7, 11) is -3.84. The smallest absolute Gasteiger partial charge is 0.293 e. The van der Waals surface area contributed by atoms with E-state index in [4.69, 9.17) is 4.74 Å². The number of nitro groups is 1. The monoisotopic (exact) mass is 481 g/mol. The van der Waals surface area contributed by atoms with Crippen LogP contribution in [0.1, 0.15) is 12.8 Å². The highest BCUT2D eigenvalue weighted by Gasteiger charge is 2.32. The number of rotatable bonds is 6. The first-order chi connectivity index (χ1) is 15.4. The minimum atomic E-state index is -3.84. The van der Waals surface area contributed by atoms with Crippen LogP contribution in [0.2, 0.25) is 0 Å². The summed E-state index contributed by atoms with van der Waals surface area (Å²) in [6.07, 6.45) is 2.68. The number of sulfonamides is 1. The topological polar surface area (TPSA) is 135 Å². The fourth-order valence-corrected chi connectivity index (χ4v) is 5.85. The van der Waals surface area contributed by atoms with Gasteiger partial charge < -0.3 is 15.0 Å². The molecule has 0 radical (unpaired) electrons. The third-order valence-corrected chi connectivity index (χ3v) is 8.20. The Morgan fingerprint density at radius 3 is 2.56 bits per heavy atom. The average molecular weight is 482 g/mol. The number of nitro benzene ring substituents is 1. The van der Waals surface area contributed by atoms with Crippen LogP contribution >= 0.6 is 11.3 Å². The molecule has 2 aliphatic rings. The molecule has 32 heavy (non-hydrogen) atoms. The molecule has 3 heterocycles. The van der Waals surface area contributed by atoms with E-state index in [2.05, 4.69) is 10.3 Å². The van der Waals surface area contributed by atoms with Gasteiger partial charge in [-0.05, 0) is 25.0 Å². The van der Waals surface area contributed by atoms with Crippen molar-refractivity contribution in [1.82, 2.24) is 9.29 Å². The van der Waals surface area contributed by atoms with Gasteiger partial charge >= 0.3 is 0 Å². The number of carbonyl (C=O) groups excluding carboxylic acids is 1. The van der Waals surface area contributed by atoms with Crippen molar-refractivity contribution in [3.05, 3.63) is 39.9 Å². The molecule has 0 aliphatic carbocycles. The van der Waals surface area contributed by atoms with Gasteiger partial charge in [0.05, 0.1) is 23.0 Å². The Bertz CT molecular complexity index is 1080. The minimum absolute atomic E-state index is 0.104. The van der Waals surface area contributed by atoms with Gasteiger partial charge in [0.2, 0.25) is 15.9 Å². The Morgan fingerprint density at radius 1 is 1.22 bits per heavy atom. The van der Waals surface area contributed by atoms with Crippen LogP contribution in [-0.2, 0) is 19.6 Å². The van der Waals surface area contributed by atoms with Crippen molar-refractivity contribution in [3.8, 4) is 0 Å². The Morgan fingerprint density at radius 2 is 1.94 bits per heavy atom. The van der Waals surface area contributed by atoms with Crippen molar-refractivity contribution >= 4 is 43.8 Å². The molecule has 11 nitrogen and oxygen atoms in total. The summed E-state index contributed by atoms with van der Waals surface area (Å²) in [4.78, 5) is 29.4. The number of amides is 1. The summed E-state index contributed by atoms with van der Waals surface area (Å²) < 4.78 is 32.2. The molecule has 2 fully saturated rings. The van der Waals surface area contributed by atoms with E-state index in [0.29, 0.717) is 50.0 Å². The number of aromatic nitrogens is 1. The molecular weight excluding hydrogens is 458 g/mol. The van der Waals surface area contributed by atoms with Crippen LogP contribution in [0.25, 0.3) is 0 Å². The lowest BCUT2D eigenvalue weighted by molar-refractivity contribution is -0.384. The lowest BCUT2D eigenvalue weighted by Gasteiger charge is -2.32. The lowest BCUT2D eigenvalue weighted by atomic mass is 9.95. The van der Waals surface area contributed by atoms with E-state index in [0.717, 1.165) is 6.07 Å². The van der Waals surface area contributed by atoms with Crippen molar-refractivity contribution in [1.29, 1.82) is 0 Å². The normalized spacial score (nSPS) is 18.4. The molecule has 2 saturated heterocycles. The molecule has 1 amide bonds. The van der Waals surface area contributed by atoms with Gasteiger partial charge in [-0.25, -0.2) is 13.4 Å². The largest absolute Gasteiger partial charge is 0.379 e. The highest BCUT2D eigenvalue weighted by atomic mass is 32.2. The van der Waals surface area contributed by atoms with Crippen LogP contribution in [0.5, 0.6) is 0 Å². The maximum atomic E-state index is 12.9. The Hall–Kier alpha value is -2.61. The molecule has 2 aliphatic heterocycles. The minimum Gasteiger partial charge on any atom is -0.379 e. The molecule has 1 N–H and O–H groups in total. The number of carbonyl (C=O) groups is 1. The summed E-state index contributed by atoms with van der Waals surface area (Å²) in [6, 6.07) is 4.03. The van der Waals surface area contributed by atoms with E-state index in [1.54, 1.807) is 11.6 Å². The van der Waals surface area contributed by atoms with Crippen LogP contribution in [0.4, 0.5) is 16.5 Å². The zero-order valence-corrected chi connectivity index (χ0v) is 18.8. The van der Waals surface area contributed by atoms with Crippen LogP contribution in [0.3, 0.4) is 0 Å². The van der Waals surface area contributed by atoms with Crippen molar-refractivity contribution < 1.29 is 22.9 Å². The molecule has 13 heteroatoms. The van der Waals surface area contributed by atoms with Crippen LogP contribution < -0.4 is 10.2 Å². The molecule has 0 spiro atoms. The number of ether oxygens (including phenoxy) is 1. The molecule has 0 bridgehead atoms. The average Bonchev–Trinajstić information content (AvgIpc) is 3.32.